The molecule has 20 heavy (non-hydrogen) atoms. The van der Waals surface area contributed by atoms with E-state index in [1.54, 1.807) is 5.32 Å². The van der Waals surface area contributed by atoms with Crippen molar-refractivity contribution in [3.05, 3.63) is 34.9 Å². The van der Waals surface area contributed by atoms with Gasteiger partial charge in [0.05, 0.1) is 5.56 Å². The fourth-order valence-electron chi connectivity index (χ4n) is 1.36. The lowest BCUT2D eigenvalue weighted by molar-refractivity contribution is -0.139. The van der Waals surface area contributed by atoms with Gasteiger partial charge in [-0.2, -0.15) is 0 Å². The summed E-state index contributed by atoms with van der Waals surface area (Å²) in [6, 6.07) is -1.47. The predicted molar refractivity (Wildman–Crippen MR) is 56.9 cm³/mol. The zero-order chi connectivity index (χ0) is 15.4. The molecule has 0 radical (unpaired) electrons. The Hall–Kier alpha value is -2.16. The number of carboxylic acids is 1. The van der Waals surface area contributed by atoms with E-state index in [2.05, 4.69) is 0 Å². The van der Waals surface area contributed by atoms with Crippen LogP contribution in [0.4, 0.5) is 17.6 Å². The fraction of sp³-hybridized carbons (Fsp3) is 0.273. The summed E-state index contributed by atoms with van der Waals surface area (Å²) in [6.07, 6.45) is -0.394. The van der Waals surface area contributed by atoms with Gasteiger partial charge in [0.1, 0.15) is 6.04 Å². The second kappa shape index (κ2) is 6.33. The summed E-state index contributed by atoms with van der Waals surface area (Å²) in [6.45, 7) is -0.591. The quantitative estimate of drug-likeness (QED) is 0.426. The van der Waals surface area contributed by atoms with Crippen molar-refractivity contribution in [2.45, 2.75) is 12.5 Å². The van der Waals surface area contributed by atoms with Crippen LogP contribution in [0.15, 0.2) is 6.07 Å². The molecule has 0 heterocycles. The summed E-state index contributed by atoms with van der Waals surface area (Å²) in [5.41, 5.74) is -1.18. The van der Waals surface area contributed by atoms with Crippen molar-refractivity contribution >= 4 is 11.9 Å². The summed E-state index contributed by atoms with van der Waals surface area (Å²) in [5, 5.41) is 19.0. The van der Waals surface area contributed by atoms with Gasteiger partial charge in [0, 0.05) is 13.0 Å². The Morgan fingerprint density at radius 1 is 1.15 bits per heavy atom. The van der Waals surface area contributed by atoms with E-state index < -0.39 is 59.8 Å². The third kappa shape index (κ3) is 3.23. The summed E-state index contributed by atoms with van der Waals surface area (Å²) in [4.78, 5) is 22.2. The van der Waals surface area contributed by atoms with Gasteiger partial charge in [-0.1, -0.05) is 0 Å². The van der Waals surface area contributed by atoms with Crippen LogP contribution in [-0.4, -0.2) is 34.7 Å². The Morgan fingerprint density at radius 2 is 1.75 bits per heavy atom. The van der Waals surface area contributed by atoms with E-state index in [0.29, 0.717) is 0 Å². The highest BCUT2D eigenvalue weighted by Crippen LogP contribution is 2.18. The SMILES string of the molecule is O=C(N[C@@H](CCO)C(=O)O)c1cc(F)c(F)c(F)c1F. The number of carbonyl (C=O) groups is 2. The van der Waals surface area contributed by atoms with Gasteiger partial charge in [0.2, 0.25) is 0 Å². The van der Waals surface area contributed by atoms with E-state index in [1.165, 1.54) is 0 Å². The summed E-state index contributed by atoms with van der Waals surface area (Å²) in [7, 11) is 0. The maximum atomic E-state index is 13.3. The number of carbonyl (C=O) groups excluding carboxylic acids is 1. The van der Waals surface area contributed by atoms with Gasteiger partial charge in [-0.25, -0.2) is 22.4 Å². The lowest BCUT2D eigenvalue weighted by Crippen LogP contribution is -2.41. The van der Waals surface area contributed by atoms with Gasteiger partial charge >= 0.3 is 5.97 Å². The zero-order valence-electron chi connectivity index (χ0n) is 9.79. The maximum Gasteiger partial charge on any atom is 0.326 e. The van der Waals surface area contributed by atoms with E-state index in [1.807, 2.05) is 0 Å². The Balaban J connectivity index is 3.07. The Kier molecular flexibility index (Phi) is 5.03. The zero-order valence-corrected chi connectivity index (χ0v) is 9.79. The van der Waals surface area contributed by atoms with Crippen LogP contribution in [0.3, 0.4) is 0 Å². The number of carboxylic acid groups (broad SMARTS) is 1. The van der Waals surface area contributed by atoms with Crippen molar-refractivity contribution in [2.24, 2.45) is 0 Å². The van der Waals surface area contributed by atoms with Crippen molar-refractivity contribution in [2.75, 3.05) is 6.61 Å². The summed E-state index contributed by atoms with van der Waals surface area (Å²) >= 11 is 0. The minimum absolute atomic E-state index is 0.112. The average Bonchev–Trinajstić information content (AvgIpc) is 2.39. The van der Waals surface area contributed by atoms with E-state index in [-0.39, 0.29) is 6.07 Å². The molecule has 5 nitrogen and oxygen atoms in total. The number of aliphatic carboxylic acids is 1. The third-order valence-corrected chi connectivity index (χ3v) is 2.37. The molecule has 0 bridgehead atoms. The maximum absolute atomic E-state index is 13.3. The van der Waals surface area contributed by atoms with E-state index >= 15 is 0 Å². The summed E-state index contributed by atoms with van der Waals surface area (Å²) < 4.78 is 51.8. The first-order valence-electron chi connectivity index (χ1n) is 5.27. The molecule has 9 heteroatoms. The van der Waals surface area contributed by atoms with Crippen LogP contribution in [-0.2, 0) is 4.79 Å². The normalized spacial score (nSPS) is 12.1. The highest BCUT2D eigenvalue weighted by atomic mass is 19.2. The number of rotatable bonds is 5. The highest BCUT2D eigenvalue weighted by Gasteiger charge is 2.26. The molecule has 0 aliphatic rings. The molecule has 1 aromatic rings. The Labute approximate surface area is 109 Å². The van der Waals surface area contributed by atoms with Gasteiger partial charge in [0.25, 0.3) is 5.91 Å². The van der Waals surface area contributed by atoms with Gasteiger partial charge in [-0.15, -0.1) is 0 Å². The molecule has 1 atom stereocenters. The van der Waals surface area contributed by atoms with Crippen LogP contribution in [0.1, 0.15) is 16.8 Å². The molecule has 110 valence electrons. The second-order valence-electron chi connectivity index (χ2n) is 3.72. The molecule has 0 saturated carbocycles. The monoisotopic (exact) mass is 295 g/mol. The molecule has 0 spiro atoms. The van der Waals surface area contributed by atoms with Crippen molar-refractivity contribution in [1.82, 2.24) is 5.32 Å². The lowest BCUT2D eigenvalue weighted by Gasteiger charge is -2.13. The molecular weight excluding hydrogens is 286 g/mol. The Bertz CT molecular complexity index is 550. The van der Waals surface area contributed by atoms with E-state index in [0.717, 1.165) is 0 Å². The molecule has 0 unspecified atom stereocenters. The second-order valence-corrected chi connectivity index (χ2v) is 3.72. The smallest absolute Gasteiger partial charge is 0.326 e. The first-order chi connectivity index (χ1) is 9.29. The molecule has 0 aliphatic heterocycles. The third-order valence-electron chi connectivity index (χ3n) is 2.37. The van der Waals surface area contributed by atoms with E-state index in [9.17, 15) is 27.2 Å². The number of aliphatic hydroxyl groups excluding tert-OH is 1. The lowest BCUT2D eigenvalue weighted by atomic mass is 10.1. The first kappa shape index (κ1) is 15.9. The highest BCUT2D eigenvalue weighted by molar-refractivity contribution is 5.96. The van der Waals surface area contributed by atoms with Crippen LogP contribution in [0, 0.1) is 23.3 Å². The molecular formula is C11H9F4NO4. The van der Waals surface area contributed by atoms with Crippen LogP contribution < -0.4 is 5.32 Å². The number of amides is 1. The van der Waals surface area contributed by atoms with Crippen molar-refractivity contribution < 1.29 is 37.4 Å². The average molecular weight is 295 g/mol. The standard InChI is InChI=1S/C11H9F4NO4/c12-5-3-4(7(13)9(15)8(5)14)10(18)16-6(1-2-17)11(19)20/h3,6,17H,1-2H2,(H,16,18)(H,19,20)/t6-/m0/s1. The number of halogens is 4. The molecule has 0 aliphatic carbocycles. The summed E-state index contributed by atoms with van der Waals surface area (Å²) in [5.74, 6) is -11.0. The number of aliphatic hydroxyl groups is 1. The van der Waals surface area contributed by atoms with Crippen LogP contribution in [0.2, 0.25) is 0 Å². The molecule has 1 rings (SSSR count). The fourth-order valence-corrected chi connectivity index (χ4v) is 1.36. The molecule has 1 amide bonds. The van der Waals surface area contributed by atoms with Gasteiger partial charge in [-0.3, -0.25) is 4.79 Å². The molecule has 1 aromatic carbocycles. The van der Waals surface area contributed by atoms with Gasteiger partial charge < -0.3 is 15.5 Å². The van der Waals surface area contributed by atoms with Crippen LogP contribution in [0.25, 0.3) is 0 Å². The molecule has 0 fully saturated rings. The Morgan fingerprint density at radius 3 is 2.25 bits per heavy atom. The number of nitrogens with one attached hydrogen (secondary N) is 1. The first-order valence-corrected chi connectivity index (χ1v) is 5.27. The van der Waals surface area contributed by atoms with Crippen molar-refractivity contribution in [3.8, 4) is 0 Å². The largest absolute Gasteiger partial charge is 0.480 e. The number of benzene rings is 1. The van der Waals surface area contributed by atoms with E-state index in [4.69, 9.17) is 10.2 Å². The minimum Gasteiger partial charge on any atom is -0.480 e. The topological polar surface area (TPSA) is 86.6 Å². The van der Waals surface area contributed by atoms with Gasteiger partial charge in [0.15, 0.2) is 23.3 Å². The minimum atomic E-state index is -2.18. The number of hydrogen-bond donors (Lipinski definition) is 3. The van der Waals surface area contributed by atoms with Crippen LogP contribution >= 0.6 is 0 Å². The van der Waals surface area contributed by atoms with Crippen molar-refractivity contribution in [1.29, 1.82) is 0 Å². The molecule has 0 saturated heterocycles. The number of hydrogen-bond acceptors (Lipinski definition) is 3. The molecule has 0 aromatic heterocycles. The van der Waals surface area contributed by atoms with Crippen LogP contribution in [0.5, 0.6) is 0 Å². The van der Waals surface area contributed by atoms with Gasteiger partial charge in [-0.05, 0) is 6.07 Å². The molecule has 3 N–H and O–H groups in total. The van der Waals surface area contributed by atoms with Crippen molar-refractivity contribution in [3.63, 3.8) is 0 Å². The predicted octanol–water partition coefficient (Wildman–Crippen LogP) is 0.808.